The molecule has 0 heterocycles. The van der Waals surface area contributed by atoms with Gasteiger partial charge >= 0.3 is 5.97 Å². The summed E-state index contributed by atoms with van der Waals surface area (Å²) >= 11 is 0. The first-order chi connectivity index (χ1) is 10.4. The summed E-state index contributed by atoms with van der Waals surface area (Å²) in [5.74, 6) is -1.10. The average molecular weight is 298 g/mol. The van der Waals surface area contributed by atoms with Crippen LogP contribution in [0.25, 0.3) is 0 Å². The number of carbonyl (C=O) groups is 1. The predicted molar refractivity (Wildman–Crippen MR) is 84.5 cm³/mol. The van der Waals surface area contributed by atoms with Gasteiger partial charge in [0, 0.05) is 0 Å². The van der Waals surface area contributed by atoms with Crippen molar-refractivity contribution in [1.29, 1.82) is 0 Å². The van der Waals surface area contributed by atoms with Crippen LogP contribution in [0.4, 0.5) is 11.4 Å². The smallest absolute Gasteiger partial charge is 0.339 e. The highest BCUT2D eigenvalue weighted by molar-refractivity contribution is 5.91. The summed E-state index contributed by atoms with van der Waals surface area (Å²) in [5.41, 5.74) is 3.09. The van der Waals surface area contributed by atoms with E-state index in [-0.39, 0.29) is 11.3 Å². The Bertz CT molecular complexity index is 737. The van der Waals surface area contributed by atoms with Crippen LogP contribution < -0.4 is 0 Å². The van der Waals surface area contributed by atoms with E-state index >= 15 is 0 Å². The number of rotatable bonds is 4. The first kappa shape index (κ1) is 15.7. The van der Waals surface area contributed by atoms with Crippen LogP contribution in [-0.2, 0) is 0 Å². The molecular weight excluding hydrogens is 280 g/mol. The van der Waals surface area contributed by atoms with Crippen molar-refractivity contribution in [1.82, 2.24) is 0 Å². The number of aromatic carboxylic acids is 1. The van der Waals surface area contributed by atoms with Gasteiger partial charge in [0.25, 0.3) is 0 Å². The van der Waals surface area contributed by atoms with Gasteiger partial charge in [0.1, 0.15) is 11.3 Å². The molecule has 0 spiro atoms. The number of azo groups is 1. The quantitative estimate of drug-likeness (QED) is 0.784. The van der Waals surface area contributed by atoms with Gasteiger partial charge in [0.15, 0.2) is 0 Å². The third-order valence-electron chi connectivity index (χ3n) is 3.38. The Kier molecular flexibility index (Phi) is 4.56. The highest BCUT2D eigenvalue weighted by atomic mass is 16.4. The van der Waals surface area contributed by atoms with Gasteiger partial charge in [-0.1, -0.05) is 26.0 Å². The lowest BCUT2D eigenvalue weighted by atomic mass is 10.0. The Hall–Kier alpha value is -2.69. The standard InChI is InChI=1S/C17H18N2O3/c1-10(2)12-5-4-11(3)15(8-12)19-18-13-6-7-16(20)14(9-13)17(21)22/h4-10,20H,1-3H3,(H,21,22)/b19-18-. The first-order valence-electron chi connectivity index (χ1n) is 6.97. The van der Waals surface area contributed by atoms with Crippen molar-refractivity contribution in [3.63, 3.8) is 0 Å². The molecule has 0 aliphatic carbocycles. The maximum absolute atomic E-state index is 11.0. The highest BCUT2D eigenvalue weighted by Gasteiger charge is 2.10. The molecule has 114 valence electrons. The van der Waals surface area contributed by atoms with Gasteiger partial charge in [-0.2, -0.15) is 10.2 Å². The number of aromatic hydroxyl groups is 1. The lowest BCUT2D eigenvalue weighted by molar-refractivity contribution is 0.0694. The topological polar surface area (TPSA) is 82.2 Å². The minimum atomic E-state index is -1.20. The average Bonchev–Trinajstić information content (AvgIpc) is 2.47. The van der Waals surface area contributed by atoms with Gasteiger partial charge in [0.05, 0.1) is 11.4 Å². The molecule has 2 aromatic carbocycles. The molecule has 2 rings (SSSR count). The van der Waals surface area contributed by atoms with Crippen molar-refractivity contribution >= 4 is 17.3 Å². The molecule has 5 nitrogen and oxygen atoms in total. The largest absolute Gasteiger partial charge is 0.507 e. The Morgan fingerprint density at radius 3 is 2.45 bits per heavy atom. The van der Waals surface area contributed by atoms with Crippen molar-refractivity contribution in [2.45, 2.75) is 26.7 Å². The number of nitrogens with zero attached hydrogens (tertiary/aromatic N) is 2. The lowest BCUT2D eigenvalue weighted by Gasteiger charge is -2.07. The third-order valence-corrected chi connectivity index (χ3v) is 3.38. The first-order valence-corrected chi connectivity index (χ1v) is 6.97. The number of aryl methyl sites for hydroxylation is 1. The second kappa shape index (κ2) is 6.39. The normalized spacial score (nSPS) is 11.3. The van der Waals surface area contributed by atoms with Crippen molar-refractivity contribution in [2.75, 3.05) is 0 Å². The number of benzene rings is 2. The van der Waals surface area contributed by atoms with Crippen LogP contribution in [-0.4, -0.2) is 16.2 Å². The van der Waals surface area contributed by atoms with Crippen LogP contribution in [0.15, 0.2) is 46.6 Å². The van der Waals surface area contributed by atoms with Crippen molar-refractivity contribution < 1.29 is 15.0 Å². The van der Waals surface area contributed by atoms with Crippen LogP contribution in [0, 0.1) is 6.92 Å². The summed E-state index contributed by atoms with van der Waals surface area (Å²) in [5, 5.41) is 26.7. The molecule has 0 aliphatic rings. The van der Waals surface area contributed by atoms with Gasteiger partial charge in [-0.15, -0.1) is 0 Å². The summed E-state index contributed by atoms with van der Waals surface area (Å²) in [7, 11) is 0. The zero-order valence-corrected chi connectivity index (χ0v) is 12.7. The summed E-state index contributed by atoms with van der Waals surface area (Å²) in [4.78, 5) is 11.0. The molecule has 2 aromatic rings. The number of hydrogen-bond acceptors (Lipinski definition) is 4. The van der Waals surface area contributed by atoms with Crippen LogP contribution in [0.3, 0.4) is 0 Å². The number of phenols is 1. The fourth-order valence-corrected chi connectivity index (χ4v) is 1.96. The molecule has 0 aromatic heterocycles. The SMILES string of the molecule is Cc1ccc(C(C)C)cc1/N=N\c1ccc(O)c(C(=O)O)c1. The van der Waals surface area contributed by atoms with E-state index < -0.39 is 5.97 Å². The van der Waals surface area contributed by atoms with Gasteiger partial charge in [-0.25, -0.2) is 4.79 Å². The molecule has 22 heavy (non-hydrogen) atoms. The summed E-state index contributed by atoms with van der Waals surface area (Å²) in [6.07, 6.45) is 0. The number of carboxylic acid groups (broad SMARTS) is 1. The van der Waals surface area contributed by atoms with E-state index in [0.717, 1.165) is 16.8 Å². The van der Waals surface area contributed by atoms with Crippen LogP contribution in [0.2, 0.25) is 0 Å². The fraction of sp³-hybridized carbons (Fsp3) is 0.235. The Labute approximate surface area is 129 Å². The van der Waals surface area contributed by atoms with Crippen LogP contribution >= 0.6 is 0 Å². The predicted octanol–water partition coefficient (Wildman–Crippen LogP) is 4.94. The van der Waals surface area contributed by atoms with E-state index in [1.165, 1.54) is 18.2 Å². The number of carboxylic acids is 1. The Morgan fingerprint density at radius 2 is 1.82 bits per heavy atom. The van der Waals surface area contributed by atoms with Crippen molar-refractivity contribution in [2.24, 2.45) is 10.2 Å². The molecule has 2 N–H and O–H groups in total. The summed E-state index contributed by atoms with van der Waals surface area (Å²) in [6.45, 7) is 6.15. The molecule has 0 amide bonds. The van der Waals surface area contributed by atoms with Gasteiger partial charge in [0.2, 0.25) is 0 Å². The third kappa shape index (κ3) is 3.49. The molecule has 0 aliphatic heterocycles. The molecule has 5 heteroatoms. The molecule has 0 radical (unpaired) electrons. The molecular formula is C17H18N2O3. The van der Waals surface area contributed by atoms with E-state index in [9.17, 15) is 9.90 Å². The minimum absolute atomic E-state index is 0.191. The molecule has 0 bridgehead atoms. The van der Waals surface area contributed by atoms with Crippen molar-refractivity contribution in [3.05, 3.63) is 53.1 Å². The summed E-state index contributed by atoms with van der Waals surface area (Å²) < 4.78 is 0. The second-order valence-electron chi connectivity index (χ2n) is 5.41. The van der Waals surface area contributed by atoms with Gasteiger partial charge in [-0.05, 0) is 48.2 Å². The highest BCUT2D eigenvalue weighted by Crippen LogP contribution is 2.28. The molecule has 0 atom stereocenters. The maximum Gasteiger partial charge on any atom is 0.339 e. The van der Waals surface area contributed by atoms with E-state index in [2.05, 4.69) is 30.1 Å². The van der Waals surface area contributed by atoms with E-state index in [1.807, 2.05) is 19.1 Å². The van der Waals surface area contributed by atoms with Gasteiger partial charge in [-0.3, -0.25) is 0 Å². The Morgan fingerprint density at radius 1 is 1.09 bits per heavy atom. The van der Waals surface area contributed by atoms with E-state index in [4.69, 9.17) is 5.11 Å². The second-order valence-corrected chi connectivity index (χ2v) is 5.41. The lowest BCUT2D eigenvalue weighted by Crippen LogP contribution is -1.95. The van der Waals surface area contributed by atoms with Crippen LogP contribution in [0.5, 0.6) is 5.75 Å². The summed E-state index contributed by atoms with van der Waals surface area (Å²) in [6, 6.07) is 10.1. The molecule has 0 unspecified atom stereocenters. The zero-order valence-electron chi connectivity index (χ0n) is 12.7. The minimum Gasteiger partial charge on any atom is -0.507 e. The van der Waals surface area contributed by atoms with Crippen molar-refractivity contribution in [3.8, 4) is 5.75 Å². The monoisotopic (exact) mass is 298 g/mol. The number of hydrogen-bond donors (Lipinski definition) is 2. The van der Waals surface area contributed by atoms with E-state index in [0.29, 0.717) is 11.6 Å². The molecule has 0 saturated carbocycles. The van der Waals surface area contributed by atoms with Crippen LogP contribution in [0.1, 0.15) is 41.3 Å². The van der Waals surface area contributed by atoms with E-state index in [1.54, 1.807) is 0 Å². The molecule has 0 saturated heterocycles. The van der Waals surface area contributed by atoms with Gasteiger partial charge < -0.3 is 10.2 Å². The maximum atomic E-state index is 11.0. The molecule has 0 fully saturated rings. The zero-order chi connectivity index (χ0) is 16.3. The fourth-order valence-electron chi connectivity index (χ4n) is 1.96. The Balaban J connectivity index is 2.34.